The number of benzene rings is 1. The summed E-state index contributed by atoms with van der Waals surface area (Å²) in [6.07, 6.45) is 1.36. The van der Waals surface area contributed by atoms with E-state index in [1.54, 1.807) is 12.1 Å². The highest BCUT2D eigenvalue weighted by molar-refractivity contribution is 6.31. The van der Waals surface area contributed by atoms with Crippen LogP contribution in [0.3, 0.4) is 0 Å². The fourth-order valence-corrected chi connectivity index (χ4v) is 2.81. The van der Waals surface area contributed by atoms with Crippen LogP contribution in [0.25, 0.3) is 0 Å². The number of halogens is 2. The molecular formula is C16H20ClFN2O. The van der Waals surface area contributed by atoms with E-state index in [0.717, 1.165) is 29.9 Å². The van der Waals surface area contributed by atoms with Crippen LogP contribution in [0, 0.1) is 5.82 Å². The van der Waals surface area contributed by atoms with Gasteiger partial charge in [0, 0.05) is 12.5 Å². The van der Waals surface area contributed by atoms with Crippen LogP contribution in [0.2, 0.25) is 5.02 Å². The molecular weight excluding hydrogens is 291 g/mol. The van der Waals surface area contributed by atoms with Crippen LogP contribution in [0.15, 0.2) is 24.3 Å². The van der Waals surface area contributed by atoms with Crippen molar-refractivity contribution in [3.63, 3.8) is 0 Å². The van der Waals surface area contributed by atoms with Gasteiger partial charge in [-0.2, -0.15) is 5.10 Å². The summed E-state index contributed by atoms with van der Waals surface area (Å²) in [6, 6.07) is 6.23. The SMILES string of the molecule is CCc1nn(CC)c(CC(CO)c2ccc(F)cc2)c1Cl. The van der Waals surface area contributed by atoms with E-state index < -0.39 is 0 Å². The Bertz CT molecular complexity index is 595. The van der Waals surface area contributed by atoms with E-state index in [-0.39, 0.29) is 18.3 Å². The summed E-state index contributed by atoms with van der Waals surface area (Å²) < 4.78 is 14.9. The minimum Gasteiger partial charge on any atom is -0.396 e. The number of aryl methyl sites for hydroxylation is 2. The van der Waals surface area contributed by atoms with Crippen molar-refractivity contribution < 1.29 is 9.50 Å². The lowest BCUT2D eigenvalue weighted by Crippen LogP contribution is -2.12. The number of hydrogen-bond donors (Lipinski definition) is 1. The molecule has 2 rings (SSSR count). The third kappa shape index (κ3) is 3.44. The first-order valence-electron chi connectivity index (χ1n) is 7.21. The fourth-order valence-electron chi connectivity index (χ4n) is 2.47. The summed E-state index contributed by atoms with van der Waals surface area (Å²) in [7, 11) is 0. The zero-order chi connectivity index (χ0) is 15.4. The highest BCUT2D eigenvalue weighted by atomic mass is 35.5. The molecule has 1 aromatic carbocycles. The van der Waals surface area contributed by atoms with Crippen molar-refractivity contribution in [3.8, 4) is 0 Å². The van der Waals surface area contributed by atoms with E-state index in [4.69, 9.17) is 11.6 Å². The molecule has 3 nitrogen and oxygen atoms in total. The highest BCUT2D eigenvalue weighted by Gasteiger charge is 2.19. The average molecular weight is 311 g/mol. The van der Waals surface area contributed by atoms with Gasteiger partial charge in [-0.3, -0.25) is 4.68 Å². The zero-order valence-electron chi connectivity index (χ0n) is 12.3. The van der Waals surface area contributed by atoms with Gasteiger partial charge in [0.1, 0.15) is 5.82 Å². The van der Waals surface area contributed by atoms with Gasteiger partial charge in [-0.1, -0.05) is 30.7 Å². The Morgan fingerprint density at radius 2 is 1.95 bits per heavy atom. The van der Waals surface area contributed by atoms with E-state index in [1.165, 1.54) is 12.1 Å². The van der Waals surface area contributed by atoms with Crippen LogP contribution in [-0.2, 0) is 19.4 Å². The predicted octanol–water partition coefficient (Wildman–Crippen LogP) is 3.58. The second-order valence-corrected chi connectivity index (χ2v) is 5.39. The topological polar surface area (TPSA) is 38.0 Å². The second kappa shape index (κ2) is 7.05. The largest absolute Gasteiger partial charge is 0.396 e. The molecule has 2 aromatic rings. The zero-order valence-corrected chi connectivity index (χ0v) is 13.1. The van der Waals surface area contributed by atoms with Crippen LogP contribution >= 0.6 is 11.6 Å². The smallest absolute Gasteiger partial charge is 0.123 e. The summed E-state index contributed by atoms with van der Waals surface area (Å²) in [5.41, 5.74) is 2.71. The Balaban J connectivity index is 2.30. The van der Waals surface area contributed by atoms with Gasteiger partial charge >= 0.3 is 0 Å². The maximum atomic E-state index is 13.0. The van der Waals surface area contributed by atoms with E-state index >= 15 is 0 Å². The van der Waals surface area contributed by atoms with Crippen molar-refractivity contribution in [3.05, 3.63) is 52.1 Å². The molecule has 0 radical (unpaired) electrons. The van der Waals surface area contributed by atoms with Gasteiger partial charge in [-0.05, 0) is 37.5 Å². The lowest BCUT2D eigenvalue weighted by Gasteiger charge is -2.16. The Morgan fingerprint density at radius 1 is 1.29 bits per heavy atom. The monoisotopic (exact) mass is 310 g/mol. The molecule has 0 spiro atoms. The first-order chi connectivity index (χ1) is 10.1. The van der Waals surface area contributed by atoms with Gasteiger partial charge in [0.05, 0.1) is 23.0 Å². The van der Waals surface area contributed by atoms with Crippen LogP contribution < -0.4 is 0 Å². The molecule has 5 heteroatoms. The van der Waals surface area contributed by atoms with Crippen LogP contribution in [-0.4, -0.2) is 21.5 Å². The third-order valence-electron chi connectivity index (χ3n) is 3.70. The Labute approximate surface area is 129 Å². The lowest BCUT2D eigenvalue weighted by molar-refractivity contribution is 0.262. The van der Waals surface area contributed by atoms with Gasteiger partial charge in [0.2, 0.25) is 0 Å². The van der Waals surface area contributed by atoms with Gasteiger partial charge in [0.15, 0.2) is 0 Å². The molecule has 0 fully saturated rings. The predicted molar refractivity (Wildman–Crippen MR) is 82.2 cm³/mol. The molecule has 1 unspecified atom stereocenters. The molecule has 21 heavy (non-hydrogen) atoms. The number of aromatic nitrogens is 2. The summed E-state index contributed by atoms with van der Waals surface area (Å²) in [4.78, 5) is 0. The first-order valence-corrected chi connectivity index (χ1v) is 7.58. The number of aliphatic hydroxyl groups excluding tert-OH is 1. The summed E-state index contributed by atoms with van der Waals surface area (Å²) in [5, 5.41) is 14.8. The molecule has 0 amide bonds. The van der Waals surface area contributed by atoms with E-state index in [9.17, 15) is 9.50 Å². The average Bonchev–Trinajstić information content (AvgIpc) is 2.81. The van der Waals surface area contributed by atoms with Gasteiger partial charge in [-0.15, -0.1) is 0 Å². The Kier molecular flexibility index (Phi) is 5.37. The molecule has 0 aliphatic heterocycles. The van der Waals surface area contributed by atoms with Crippen molar-refractivity contribution >= 4 is 11.6 Å². The maximum absolute atomic E-state index is 13.0. The molecule has 114 valence electrons. The number of aliphatic hydroxyl groups is 1. The quantitative estimate of drug-likeness (QED) is 0.885. The van der Waals surface area contributed by atoms with Crippen molar-refractivity contribution in [1.29, 1.82) is 0 Å². The molecule has 0 saturated carbocycles. The van der Waals surface area contributed by atoms with E-state index in [1.807, 2.05) is 18.5 Å². The molecule has 1 heterocycles. The molecule has 1 atom stereocenters. The van der Waals surface area contributed by atoms with E-state index in [2.05, 4.69) is 5.10 Å². The van der Waals surface area contributed by atoms with Gasteiger partial charge < -0.3 is 5.11 Å². The normalized spacial score (nSPS) is 12.6. The highest BCUT2D eigenvalue weighted by Crippen LogP contribution is 2.28. The number of rotatable bonds is 6. The minimum absolute atomic E-state index is 0.0156. The standard InChI is InChI=1S/C16H20ClFN2O/c1-3-14-16(17)15(20(4-2)19-14)9-12(10-21)11-5-7-13(18)8-6-11/h5-8,12,21H,3-4,9-10H2,1-2H3. The van der Waals surface area contributed by atoms with Crippen LogP contribution in [0.1, 0.15) is 36.7 Å². The minimum atomic E-state index is -0.277. The number of hydrogen-bond acceptors (Lipinski definition) is 2. The Hall–Kier alpha value is -1.39. The maximum Gasteiger partial charge on any atom is 0.123 e. The molecule has 1 N–H and O–H groups in total. The van der Waals surface area contributed by atoms with Gasteiger partial charge in [0.25, 0.3) is 0 Å². The van der Waals surface area contributed by atoms with Crippen LogP contribution in [0.5, 0.6) is 0 Å². The van der Waals surface area contributed by atoms with E-state index in [0.29, 0.717) is 11.4 Å². The molecule has 0 bridgehead atoms. The third-order valence-corrected chi connectivity index (χ3v) is 4.13. The Morgan fingerprint density at radius 3 is 2.48 bits per heavy atom. The van der Waals surface area contributed by atoms with Crippen LogP contribution in [0.4, 0.5) is 4.39 Å². The summed E-state index contributed by atoms with van der Waals surface area (Å²) >= 11 is 6.40. The lowest BCUT2D eigenvalue weighted by atomic mass is 9.94. The molecule has 0 aliphatic rings. The van der Waals surface area contributed by atoms with Crippen molar-refractivity contribution in [1.82, 2.24) is 9.78 Å². The molecule has 0 aliphatic carbocycles. The van der Waals surface area contributed by atoms with Gasteiger partial charge in [-0.25, -0.2) is 4.39 Å². The fraction of sp³-hybridized carbons (Fsp3) is 0.438. The first kappa shape index (κ1) is 16.0. The van der Waals surface area contributed by atoms with Crippen molar-refractivity contribution in [2.75, 3.05) is 6.61 Å². The number of nitrogens with zero attached hydrogens (tertiary/aromatic N) is 2. The second-order valence-electron chi connectivity index (χ2n) is 5.01. The van der Waals surface area contributed by atoms with Crippen molar-refractivity contribution in [2.24, 2.45) is 0 Å². The van der Waals surface area contributed by atoms with Crippen molar-refractivity contribution in [2.45, 2.75) is 39.2 Å². The molecule has 0 saturated heterocycles. The summed E-state index contributed by atoms with van der Waals surface area (Å²) in [5.74, 6) is -0.393. The molecule has 1 aromatic heterocycles. The summed E-state index contributed by atoms with van der Waals surface area (Å²) in [6.45, 7) is 4.74.